The summed E-state index contributed by atoms with van der Waals surface area (Å²) in [5.41, 5.74) is 8.34. The molecule has 1 aliphatic rings. The molecule has 0 fully saturated rings. The first-order chi connectivity index (χ1) is 14.1. The Bertz CT molecular complexity index is 1200. The summed E-state index contributed by atoms with van der Waals surface area (Å²) in [6, 6.07) is 25.0. The molecule has 3 nitrogen and oxygen atoms in total. The van der Waals surface area contributed by atoms with Crippen LogP contribution in [0.1, 0.15) is 27.2 Å². The second kappa shape index (κ2) is 6.93. The van der Waals surface area contributed by atoms with Crippen LogP contribution in [0.15, 0.2) is 72.8 Å². The van der Waals surface area contributed by atoms with E-state index in [4.69, 9.17) is 0 Å². The SMILES string of the molecule is Cc1ccc(-c2ccc3c(c2)c2c(n3C)CCN(C(=O)c3ccccc3)C2)cc1. The zero-order valence-corrected chi connectivity index (χ0v) is 16.9. The monoisotopic (exact) mass is 380 g/mol. The number of aryl methyl sites for hydroxylation is 2. The molecule has 0 aliphatic carbocycles. The lowest BCUT2D eigenvalue weighted by molar-refractivity contribution is 0.0734. The van der Waals surface area contributed by atoms with Crippen molar-refractivity contribution in [2.24, 2.45) is 7.05 Å². The number of nitrogens with zero attached hydrogens (tertiary/aromatic N) is 2. The summed E-state index contributed by atoms with van der Waals surface area (Å²) in [6.45, 7) is 3.53. The molecule has 0 radical (unpaired) electrons. The molecule has 4 aromatic rings. The minimum absolute atomic E-state index is 0.114. The summed E-state index contributed by atoms with van der Waals surface area (Å²) < 4.78 is 2.30. The summed E-state index contributed by atoms with van der Waals surface area (Å²) in [7, 11) is 2.14. The van der Waals surface area contributed by atoms with Gasteiger partial charge in [-0.1, -0.05) is 54.1 Å². The van der Waals surface area contributed by atoms with Crippen molar-refractivity contribution in [2.75, 3.05) is 6.54 Å². The van der Waals surface area contributed by atoms with Crippen LogP contribution in [-0.4, -0.2) is 21.9 Å². The fourth-order valence-corrected chi connectivity index (χ4v) is 4.44. The Morgan fingerprint density at radius 3 is 2.38 bits per heavy atom. The van der Waals surface area contributed by atoms with Gasteiger partial charge in [0.1, 0.15) is 0 Å². The van der Waals surface area contributed by atoms with E-state index in [0.717, 1.165) is 18.5 Å². The van der Waals surface area contributed by atoms with Crippen LogP contribution in [0, 0.1) is 6.92 Å². The highest BCUT2D eigenvalue weighted by Gasteiger charge is 2.26. The Morgan fingerprint density at radius 1 is 0.897 bits per heavy atom. The first-order valence-electron chi connectivity index (χ1n) is 10.1. The van der Waals surface area contributed by atoms with Gasteiger partial charge in [0.15, 0.2) is 0 Å². The van der Waals surface area contributed by atoms with Crippen LogP contribution in [-0.2, 0) is 20.0 Å². The van der Waals surface area contributed by atoms with Crippen molar-refractivity contribution < 1.29 is 4.79 Å². The zero-order chi connectivity index (χ0) is 20.0. The molecule has 0 atom stereocenters. The topological polar surface area (TPSA) is 25.2 Å². The zero-order valence-electron chi connectivity index (χ0n) is 16.9. The highest BCUT2D eigenvalue weighted by molar-refractivity contribution is 5.95. The number of hydrogen-bond acceptors (Lipinski definition) is 1. The predicted octanol–water partition coefficient (Wildman–Crippen LogP) is 5.35. The van der Waals surface area contributed by atoms with E-state index in [1.165, 1.54) is 38.9 Å². The van der Waals surface area contributed by atoms with E-state index in [0.29, 0.717) is 6.54 Å². The molecule has 0 bridgehead atoms. The van der Waals surface area contributed by atoms with Gasteiger partial charge in [0.05, 0.1) is 0 Å². The molecular weight excluding hydrogens is 356 g/mol. The molecule has 1 amide bonds. The maximum atomic E-state index is 13.0. The quantitative estimate of drug-likeness (QED) is 0.460. The van der Waals surface area contributed by atoms with E-state index in [-0.39, 0.29) is 5.91 Å². The third kappa shape index (κ3) is 3.03. The van der Waals surface area contributed by atoms with Gasteiger partial charge < -0.3 is 9.47 Å². The summed E-state index contributed by atoms with van der Waals surface area (Å²) in [6.07, 6.45) is 0.888. The van der Waals surface area contributed by atoms with Crippen LogP contribution in [0.5, 0.6) is 0 Å². The summed E-state index contributed by atoms with van der Waals surface area (Å²) in [4.78, 5) is 15.0. The first kappa shape index (κ1) is 17.7. The Hall–Kier alpha value is -3.33. The van der Waals surface area contributed by atoms with Crippen molar-refractivity contribution in [3.8, 4) is 11.1 Å². The molecule has 0 N–H and O–H groups in total. The molecule has 29 heavy (non-hydrogen) atoms. The van der Waals surface area contributed by atoms with Gasteiger partial charge in [-0.3, -0.25) is 4.79 Å². The molecule has 2 heterocycles. The van der Waals surface area contributed by atoms with E-state index in [1.54, 1.807) is 0 Å². The predicted molar refractivity (Wildman–Crippen MR) is 118 cm³/mol. The fourth-order valence-electron chi connectivity index (χ4n) is 4.44. The number of carbonyl (C=O) groups excluding carboxylic acids is 1. The largest absolute Gasteiger partial charge is 0.347 e. The minimum Gasteiger partial charge on any atom is -0.347 e. The van der Waals surface area contributed by atoms with Crippen molar-refractivity contribution in [1.82, 2.24) is 9.47 Å². The average Bonchev–Trinajstić information content (AvgIpc) is 3.05. The number of aromatic nitrogens is 1. The summed E-state index contributed by atoms with van der Waals surface area (Å²) in [5.74, 6) is 0.114. The Labute approximate surface area is 171 Å². The fraction of sp³-hybridized carbons (Fsp3) is 0.192. The average molecular weight is 380 g/mol. The van der Waals surface area contributed by atoms with Gasteiger partial charge in [-0.25, -0.2) is 0 Å². The van der Waals surface area contributed by atoms with Crippen molar-refractivity contribution in [3.05, 3.63) is 95.2 Å². The van der Waals surface area contributed by atoms with Crippen molar-refractivity contribution in [3.63, 3.8) is 0 Å². The van der Waals surface area contributed by atoms with E-state index in [1.807, 2.05) is 35.2 Å². The number of amides is 1. The number of fused-ring (bicyclic) bond motifs is 3. The first-order valence-corrected chi connectivity index (χ1v) is 10.1. The molecule has 3 aromatic carbocycles. The smallest absolute Gasteiger partial charge is 0.254 e. The molecule has 5 rings (SSSR count). The molecule has 144 valence electrons. The lowest BCUT2D eigenvalue weighted by Gasteiger charge is -2.28. The van der Waals surface area contributed by atoms with Crippen LogP contribution in [0.4, 0.5) is 0 Å². The lowest BCUT2D eigenvalue weighted by Crippen LogP contribution is -2.36. The summed E-state index contributed by atoms with van der Waals surface area (Å²) >= 11 is 0. The third-order valence-electron chi connectivity index (χ3n) is 6.10. The molecule has 0 saturated heterocycles. The van der Waals surface area contributed by atoms with Crippen molar-refractivity contribution in [2.45, 2.75) is 19.9 Å². The van der Waals surface area contributed by atoms with Crippen LogP contribution in [0.25, 0.3) is 22.0 Å². The Kier molecular flexibility index (Phi) is 4.24. The molecule has 0 spiro atoms. The highest BCUT2D eigenvalue weighted by atomic mass is 16.2. The second-order valence-electron chi connectivity index (χ2n) is 7.92. The number of carbonyl (C=O) groups is 1. The normalized spacial score (nSPS) is 13.5. The van der Waals surface area contributed by atoms with Crippen LogP contribution in [0.2, 0.25) is 0 Å². The van der Waals surface area contributed by atoms with Crippen molar-refractivity contribution in [1.29, 1.82) is 0 Å². The van der Waals surface area contributed by atoms with Crippen molar-refractivity contribution >= 4 is 16.8 Å². The summed E-state index contributed by atoms with van der Waals surface area (Å²) in [5, 5.41) is 1.26. The molecule has 1 aliphatic heterocycles. The number of benzene rings is 3. The van der Waals surface area contributed by atoms with Crippen LogP contribution < -0.4 is 0 Å². The van der Waals surface area contributed by atoms with Crippen LogP contribution >= 0.6 is 0 Å². The van der Waals surface area contributed by atoms with Gasteiger partial charge in [0, 0.05) is 54.3 Å². The van der Waals surface area contributed by atoms with Gasteiger partial charge in [-0.05, 0) is 42.3 Å². The standard InChI is InChI=1S/C26H24N2O/c1-18-8-10-19(11-9-18)21-12-13-24-22(16-21)23-17-28(15-14-25(23)27(24)2)26(29)20-6-4-3-5-7-20/h3-13,16H,14-15,17H2,1-2H3. The molecular formula is C26H24N2O. The molecule has 1 aromatic heterocycles. The number of rotatable bonds is 2. The highest BCUT2D eigenvalue weighted by Crippen LogP contribution is 2.33. The second-order valence-corrected chi connectivity index (χ2v) is 7.92. The van der Waals surface area contributed by atoms with Gasteiger partial charge in [-0.2, -0.15) is 0 Å². The van der Waals surface area contributed by atoms with Gasteiger partial charge in [0.25, 0.3) is 5.91 Å². The Morgan fingerprint density at radius 2 is 1.62 bits per heavy atom. The van der Waals surface area contributed by atoms with E-state index in [9.17, 15) is 4.79 Å². The Balaban J connectivity index is 1.55. The third-order valence-corrected chi connectivity index (χ3v) is 6.10. The molecule has 0 unspecified atom stereocenters. The van der Waals surface area contributed by atoms with E-state index >= 15 is 0 Å². The van der Waals surface area contributed by atoms with E-state index in [2.05, 4.69) is 61.0 Å². The van der Waals surface area contributed by atoms with Crippen LogP contribution in [0.3, 0.4) is 0 Å². The van der Waals surface area contributed by atoms with Gasteiger partial charge >= 0.3 is 0 Å². The molecule has 0 saturated carbocycles. The number of hydrogen-bond donors (Lipinski definition) is 0. The van der Waals surface area contributed by atoms with Gasteiger partial charge in [-0.15, -0.1) is 0 Å². The maximum absolute atomic E-state index is 13.0. The maximum Gasteiger partial charge on any atom is 0.254 e. The molecule has 3 heteroatoms. The lowest BCUT2D eigenvalue weighted by atomic mass is 9.99. The van der Waals surface area contributed by atoms with E-state index < -0.39 is 0 Å². The van der Waals surface area contributed by atoms with Gasteiger partial charge in [0.2, 0.25) is 0 Å². The minimum atomic E-state index is 0.114.